The van der Waals surface area contributed by atoms with Crippen LogP contribution in [-0.2, 0) is 16.6 Å². The first-order valence-corrected chi connectivity index (χ1v) is 22.2. The van der Waals surface area contributed by atoms with Gasteiger partial charge in [-0.3, -0.25) is 0 Å². The van der Waals surface area contributed by atoms with E-state index in [1.54, 1.807) is 25.3 Å². The fourth-order valence-corrected chi connectivity index (χ4v) is 20.7. The second-order valence-corrected chi connectivity index (χ2v) is 22.1. The molecule has 2 nitrogen and oxygen atoms in total. The summed E-state index contributed by atoms with van der Waals surface area (Å²) in [5.74, 6) is 3.36. The Hall–Kier alpha value is -2.75. The Morgan fingerprint density at radius 3 is 1.24 bits per heavy atom. The first kappa shape index (κ1) is 34.7. The van der Waals surface area contributed by atoms with E-state index >= 15 is 0 Å². The molecule has 1 aliphatic heterocycles. The summed E-state index contributed by atoms with van der Waals surface area (Å²) in [6.45, 7) is 0. The molecule has 1 saturated heterocycles. The predicted molar refractivity (Wildman–Crippen MR) is 192 cm³/mol. The maximum atomic E-state index is 5.52. The van der Waals surface area contributed by atoms with E-state index in [-0.39, 0.29) is 24.8 Å². The van der Waals surface area contributed by atoms with Gasteiger partial charge in [-0.15, -0.1) is 0 Å². The average Bonchev–Trinajstić information content (AvgIpc) is 3.66. The van der Waals surface area contributed by atoms with Gasteiger partial charge in [-0.05, 0) is 0 Å². The fraction of sp³-hybridized carbons (Fsp3) is 0.364. The first-order chi connectivity index (χ1) is 23.2. The summed E-state index contributed by atoms with van der Waals surface area (Å²) >= 11 is -2.52. The van der Waals surface area contributed by atoms with E-state index in [0.717, 1.165) is 23.3 Å². The number of benzene rings is 4. The molecule has 1 heterocycles. The van der Waals surface area contributed by atoms with Crippen LogP contribution in [0.25, 0.3) is 34.4 Å². The van der Waals surface area contributed by atoms with Gasteiger partial charge in [-0.2, -0.15) is 0 Å². The molecule has 0 amide bonds. The Morgan fingerprint density at radius 1 is 0.510 bits per heavy atom. The molecule has 2 saturated carbocycles. The monoisotopic (exact) mass is 724 g/mol. The van der Waals surface area contributed by atoms with Crippen molar-refractivity contribution >= 4 is 12.2 Å². The van der Waals surface area contributed by atoms with Crippen LogP contribution in [0.4, 0.5) is 0 Å². The topological polar surface area (TPSA) is 18.5 Å². The summed E-state index contributed by atoms with van der Waals surface area (Å²) in [6.07, 6.45) is 16.5. The molecule has 0 bridgehead atoms. The normalized spacial score (nSPS) is 21.3. The van der Waals surface area contributed by atoms with Crippen LogP contribution < -0.4 is 34.3 Å². The minimum Gasteiger partial charge on any atom is -1.00 e. The number of ether oxygens (including phenoxy) is 2. The standard InChI is InChI=1S/2C21H21O.C2H4.2ClH.Ti/c2*1-22-19-11-9-16(10-12-19)20-8-4-7-17-13-18(14-21(17)20)15-5-2-3-6-15;1-2;;;/h2*4,7-15H,2-3,5-6H2,1H3;1-2H2;2*1H;/q;;;;;+2/p-2. The number of hydrogen-bond acceptors (Lipinski definition) is 2. The van der Waals surface area contributed by atoms with Crippen molar-refractivity contribution in [1.82, 2.24) is 0 Å². The molecule has 0 aromatic heterocycles. The number of halogens is 2. The van der Waals surface area contributed by atoms with Crippen molar-refractivity contribution in [2.75, 3.05) is 14.2 Å². The van der Waals surface area contributed by atoms with Gasteiger partial charge in [0.2, 0.25) is 0 Å². The van der Waals surface area contributed by atoms with Gasteiger partial charge >= 0.3 is 286 Å². The van der Waals surface area contributed by atoms with Crippen LogP contribution in [-0.4, -0.2) is 14.2 Å². The van der Waals surface area contributed by atoms with Crippen LogP contribution in [0.5, 0.6) is 11.5 Å². The van der Waals surface area contributed by atoms with E-state index in [1.165, 1.54) is 94.2 Å². The molecule has 0 N–H and O–H groups in total. The number of rotatable bonds is 8. The SMILES string of the molecule is COc1ccc(-c2cccc3c2C=C(C2CCCC2)[CH]3[Ti+2]2([CH]3C(C4CCCC4)=Cc4c(-c5ccc(OC)cc5)cccc43)[CH2][CH2]2)cc1.[Cl-].[Cl-]. The smallest absolute Gasteiger partial charge is 1.00 e. The van der Waals surface area contributed by atoms with Crippen molar-refractivity contribution in [1.29, 1.82) is 0 Å². The first-order valence-electron chi connectivity index (χ1n) is 18.2. The van der Waals surface area contributed by atoms with Gasteiger partial charge in [0, 0.05) is 0 Å². The zero-order chi connectivity index (χ0) is 31.5. The Bertz CT molecular complexity index is 1740. The largest absolute Gasteiger partial charge is 1.00 e. The van der Waals surface area contributed by atoms with Gasteiger partial charge in [0.15, 0.2) is 0 Å². The van der Waals surface area contributed by atoms with Gasteiger partial charge in [0.25, 0.3) is 0 Å². The molecular weight excluding hydrogens is 679 g/mol. The van der Waals surface area contributed by atoms with Gasteiger partial charge in [-0.1, -0.05) is 0 Å². The summed E-state index contributed by atoms with van der Waals surface area (Å²) in [5, 5.41) is 0. The Balaban J connectivity index is 0.00000189. The third kappa shape index (κ3) is 5.85. The van der Waals surface area contributed by atoms with E-state index in [4.69, 9.17) is 9.47 Å². The molecule has 2 unspecified atom stereocenters. The molecule has 49 heavy (non-hydrogen) atoms. The Morgan fingerprint density at radius 2 is 0.898 bits per heavy atom. The van der Waals surface area contributed by atoms with Crippen LogP contribution in [0.15, 0.2) is 96.1 Å². The van der Waals surface area contributed by atoms with Crippen molar-refractivity contribution in [2.45, 2.75) is 69.3 Å². The zero-order valence-electron chi connectivity index (χ0n) is 28.7. The summed E-state index contributed by atoms with van der Waals surface area (Å²) in [6, 6.07) is 32.1. The number of methoxy groups -OCH3 is 2. The predicted octanol–water partition coefficient (Wildman–Crippen LogP) is 6.01. The number of allylic oxidation sites excluding steroid dienone is 2. The van der Waals surface area contributed by atoms with Crippen LogP contribution in [0.3, 0.4) is 0 Å². The molecule has 4 aromatic rings. The van der Waals surface area contributed by atoms with E-state index < -0.39 is 16.6 Å². The molecule has 4 aromatic carbocycles. The Kier molecular flexibility index (Phi) is 9.99. The fourth-order valence-electron chi connectivity index (χ4n) is 10.3. The zero-order valence-corrected chi connectivity index (χ0v) is 31.8. The van der Waals surface area contributed by atoms with Crippen LogP contribution >= 0.6 is 0 Å². The number of hydrogen-bond donors (Lipinski definition) is 0. The molecule has 3 fully saturated rings. The maximum Gasteiger partial charge on any atom is -1.00 e. The van der Waals surface area contributed by atoms with Crippen molar-refractivity contribution in [3.63, 3.8) is 0 Å². The summed E-state index contributed by atoms with van der Waals surface area (Å²) in [4.78, 5) is 0. The molecule has 0 spiro atoms. The summed E-state index contributed by atoms with van der Waals surface area (Å²) in [7, 11) is 3.51. The van der Waals surface area contributed by atoms with E-state index in [0.29, 0.717) is 8.45 Å². The third-order valence-electron chi connectivity index (χ3n) is 12.6. The molecule has 4 aliphatic carbocycles. The van der Waals surface area contributed by atoms with Crippen molar-refractivity contribution in [3.8, 4) is 33.8 Å². The number of fused-ring (bicyclic) bond motifs is 2. The van der Waals surface area contributed by atoms with Crippen LogP contribution in [0.1, 0.15) is 82.1 Å². The maximum absolute atomic E-state index is 5.52. The summed E-state index contributed by atoms with van der Waals surface area (Å²) < 4.78 is 15.4. The molecule has 9 rings (SSSR count). The second kappa shape index (κ2) is 14.1. The van der Waals surface area contributed by atoms with Crippen molar-refractivity contribution < 1.29 is 50.9 Å². The van der Waals surface area contributed by atoms with Crippen molar-refractivity contribution in [3.05, 3.63) is 118 Å². The second-order valence-electron chi connectivity index (χ2n) is 14.9. The van der Waals surface area contributed by atoms with E-state index in [1.807, 2.05) is 11.1 Å². The van der Waals surface area contributed by atoms with Crippen LogP contribution in [0, 0.1) is 11.8 Å². The van der Waals surface area contributed by atoms with Crippen molar-refractivity contribution in [2.24, 2.45) is 11.8 Å². The van der Waals surface area contributed by atoms with Gasteiger partial charge < -0.3 is 24.8 Å². The molecule has 5 aliphatic rings. The van der Waals surface area contributed by atoms with Gasteiger partial charge in [0.1, 0.15) is 0 Å². The molecule has 252 valence electrons. The average molecular weight is 726 g/mol. The van der Waals surface area contributed by atoms with E-state index in [9.17, 15) is 0 Å². The van der Waals surface area contributed by atoms with Crippen LogP contribution in [0.2, 0.25) is 9.45 Å². The minimum absolute atomic E-state index is 0. The quantitative estimate of drug-likeness (QED) is 0.208. The van der Waals surface area contributed by atoms with E-state index in [2.05, 4.69) is 97.1 Å². The summed E-state index contributed by atoms with van der Waals surface area (Å²) in [5.41, 5.74) is 15.5. The Labute approximate surface area is 308 Å². The molecular formula is C44H46Cl2O2Ti. The van der Waals surface area contributed by atoms with Gasteiger partial charge in [-0.25, -0.2) is 0 Å². The third-order valence-corrected chi connectivity index (χ3v) is 20.8. The molecule has 0 radical (unpaired) electrons. The molecule has 5 heteroatoms. The van der Waals surface area contributed by atoms with Gasteiger partial charge in [0.05, 0.1) is 0 Å². The molecule has 2 atom stereocenters. The minimum atomic E-state index is -2.52.